The van der Waals surface area contributed by atoms with Crippen molar-refractivity contribution in [1.29, 1.82) is 0 Å². The van der Waals surface area contributed by atoms with Crippen LogP contribution in [0.5, 0.6) is 11.5 Å². The first-order valence-electron chi connectivity index (χ1n) is 13.9. The molecule has 2 aromatic carbocycles. The van der Waals surface area contributed by atoms with Crippen LogP contribution in [0.1, 0.15) is 43.2 Å². The van der Waals surface area contributed by atoms with Crippen molar-refractivity contribution in [2.75, 3.05) is 25.1 Å². The number of aliphatic hydroxyl groups is 1. The molecule has 216 valence electrons. The zero-order valence-electron chi connectivity index (χ0n) is 23.1. The quantitative estimate of drug-likeness (QED) is 0.176. The molecular formula is C31H30F2N6O3. The van der Waals surface area contributed by atoms with Gasteiger partial charge in [-0.15, -0.1) is 0 Å². The summed E-state index contributed by atoms with van der Waals surface area (Å²) in [6.45, 7) is 2.20. The fraction of sp³-hybridized carbons (Fsp3) is 0.290. The number of pyridine rings is 1. The van der Waals surface area contributed by atoms with Gasteiger partial charge in [-0.2, -0.15) is 5.10 Å². The van der Waals surface area contributed by atoms with E-state index < -0.39 is 11.6 Å². The molecule has 1 fully saturated rings. The van der Waals surface area contributed by atoms with E-state index in [0.29, 0.717) is 47.5 Å². The Morgan fingerprint density at radius 2 is 1.88 bits per heavy atom. The Bertz CT molecular complexity index is 1700. The van der Waals surface area contributed by atoms with Crippen LogP contribution in [0.25, 0.3) is 22.4 Å². The van der Waals surface area contributed by atoms with E-state index in [1.807, 2.05) is 36.5 Å². The smallest absolute Gasteiger partial charge is 0.183 e. The number of anilines is 2. The molecule has 0 aliphatic heterocycles. The molecule has 3 heterocycles. The number of aliphatic hydroxyl groups excluding tert-OH is 1. The zero-order chi connectivity index (χ0) is 29.1. The lowest BCUT2D eigenvalue weighted by Gasteiger charge is -2.15. The number of nitrogens with zero attached hydrogens (tertiary/aromatic N) is 5. The molecule has 9 nitrogen and oxygen atoms in total. The van der Waals surface area contributed by atoms with Crippen LogP contribution in [0.2, 0.25) is 0 Å². The minimum Gasteiger partial charge on any atom is -0.494 e. The van der Waals surface area contributed by atoms with Gasteiger partial charge in [0.15, 0.2) is 17.4 Å². The van der Waals surface area contributed by atoms with Crippen molar-refractivity contribution in [2.24, 2.45) is 0 Å². The highest BCUT2D eigenvalue weighted by molar-refractivity contribution is 5.92. The lowest BCUT2D eigenvalue weighted by Crippen LogP contribution is -2.08. The summed E-state index contributed by atoms with van der Waals surface area (Å²) < 4.78 is 42.6. The summed E-state index contributed by atoms with van der Waals surface area (Å²) in [5.74, 6) is 0.337. The summed E-state index contributed by atoms with van der Waals surface area (Å²) in [5.41, 5.74) is 2.99. The second-order valence-electron chi connectivity index (χ2n) is 10.0. The van der Waals surface area contributed by atoms with E-state index >= 15 is 0 Å². The van der Waals surface area contributed by atoms with Gasteiger partial charge >= 0.3 is 0 Å². The summed E-state index contributed by atoms with van der Waals surface area (Å²) in [7, 11) is 0. The topological polar surface area (TPSA) is 107 Å². The Balaban J connectivity index is 1.39. The van der Waals surface area contributed by atoms with Crippen LogP contribution in [0.3, 0.4) is 0 Å². The SMILES string of the molecule is CCOc1cc(F)c(Cn2nc(-c3ncc(OCCCO)c(Nc4ccncc4C4CC4)n3)c3ccccc32)c(F)c1. The van der Waals surface area contributed by atoms with Gasteiger partial charge in [0.25, 0.3) is 0 Å². The number of halogens is 2. The molecule has 42 heavy (non-hydrogen) atoms. The summed E-state index contributed by atoms with van der Waals surface area (Å²) in [4.78, 5) is 13.6. The van der Waals surface area contributed by atoms with E-state index in [0.717, 1.165) is 29.5 Å². The zero-order valence-corrected chi connectivity index (χ0v) is 23.1. The van der Waals surface area contributed by atoms with Crippen LogP contribution in [0.15, 0.2) is 61.1 Å². The fourth-order valence-electron chi connectivity index (χ4n) is 4.84. The van der Waals surface area contributed by atoms with Crippen molar-refractivity contribution in [2.45, 2.75) is 38.6 Å². The van der Waals surface area contributed by atoms with E-state index in [1.54, 1.807) is 24.0 Å². The summed E-state index contributed by atoms with van der Waals surface area (Å²) in [6, 6.07) is 11.7. The summed E-state index contributed by atoms with van der Waals surface area (Å²) >= 11 is 0. The Hall–Kier alpha value is -4.64. The average Bonchev–Trinajstić information content (AvgIpc) is 3.78. The second-order valence-corrected chi connectivity index (χ2v) is 10.0. The number of hydrogen-bond donors (Lipinski definition) is 2. The molecule has 0 amide bonds. The Labute approximate surface area is 241 Å². The highest BCUT2D eigenvalue weighted by atomic mass is 19.1. The third kappa shape index (κ3) is 5.73. The molecule has 6 rings (SSSR count). The number of hydrogen-bond acceptors (Lipinski definition) is 8. The number of fused-ring (bicyclic) bond motifs is 1. The van der Waals surface area contributed by atoms with E-state index in [1.165, 1.54) is 12.1 Å². The van der Waals surface area contributed by atoms with Gasteiger partial charge < -0.3 is 19.9 Å². The molecule has 5 aromatic rings. The minimum atomic E-state index is -0.712. The van der Waals surface area contributed by atoms with E-state index in [2.05, 4.69) is 15.3 Å². The first-order valence-corrected chi connectivity index (χ1v) is 13.9. The van der Waals surface area contributed by atoms with Gasteiger partial charge in [-0.05, 0) is 43.4 Å². The molecule has 0 atom stereocenters. The highest BCUT2D eigenvalue weighted by Crippen LogP contribution is 2.44. The molecule has 0 saturated heterocycles. The molecule has 3 aromatic heterocycles. The molecule has 0 radical (unpaired) electrons. The Kier molecular flexibility index (Phi) is 7.91. The first-order chi connectivity index (χ1) is 20.6. The van der Waals surface area contributed by atoms with Crippen molar-refractivity contribution in [3.63, 3.8) is 0 Å². The van der Waals surface area contributed by atoms with Crippen LogP contribution >= 0.6 is 0 Å². The second kappa shape index (κ2) is 12.1. The molecule has 1 saturated carbocycles. The van der Waals surface area contributed by atoms with Crippen molar-refractivity contribution in [1.82, 2.24) is 24.7 Å². The third-order valence-corrected chi connectivity index (χ3v) is 7.04. The highest BCUT2D eigenvalue weighted by Gasteiger charge is 2.27. The third-order valence-electron chi connectivity index (χ3n) is 7.04. The summed E-state index contributed by atoms with van der Waals surface area (Å²) in [5, 5.41) is 18.1. The number of ether oxygens (including phenoxy) is 2. The Morgan fingerprint density at radius 3 is 2.64 bits per heavy atom. The molecular weight excluding hydrogens is 542 g/mol. The maximum atomic E-state index is 14.9. The monoisotopic (exact) mass is 572 g/mol. The van der Waals surface area contributed by atoms with Crippen molar-refractivity contribution in [3.8, 4) is 23.0 Å². The van der Waals surface area contributed by atoms with Crippen LogP contribution in [0.4, 0.5) is 20.3 Å². The lowest BCUT2D eigenvalue weighted by molar-refractivity contribution is 0.233. The van der Waals surface area contributed by atoms with E-state index in [-0.39, 0.29) is 31.1 Å². The van der Waals surface area contributed by atoms with Crippen LogP contribution in [-0.4, -0.2) is 49.7 Å². The molecule has 1 aliphatic rings. The molecule has 1 aliphatic carbocycles. The largest absolute Gasteiger partial charge is 0.494 e. The number of benzene rings is 2. The van der Waals surface area contributed by atoms with Crippen LogP contribution in [0, 0.1) is 11.6 Å². The predicted molar refractivity (Wildman–Crippen MR) is 154 cm³/mol. The molecule has 0 unspecified atom stereocenters. The minimum absolute atomic E-state index is 0.00312. The van der Waals surface area contributed by atoms with Gasteiger partial charge in [-0.3, -0.25) is 9.67 Å². The Morgan fingerprint density at radius 1 is 1.07 bits per heavy atom. The van der Waals surface area contributed by atoms with Crippen molar-refractivity contribution >= 4 is 22.4 Å². The van der Waals surface area contributed by atoms with E-state index in [4.69, 9.17) is 19.6 Å². The predicted octanol–water partition coefficient (Wildman–Crippen LogP) is 6.00. The van der Waals surface area contributed by atoms with E-state index in [9.17, 15) is 13.9 Å². The fourth-order valence-corrected chi connectivity index (χ4v) is 4.84. The van der Waals surface area contributed by atoms with Crippen LogP contribution in [-0.2, 0) is 6.54 Å². The maximum Gasteiger partial charge on any atom is 0.183 e. The normalized spacial score (nSPS) is 13.0. The first kappa shape index (κ1) is 27.5. The van der Waals surface area contributed by atoms with Gasteiger partial charge in [0.1, 0.15) is 23.1 Å². The number of nitrogens with one attached hydrogen (secondary N) is 1. The molecule has 0 spiro atoms. The van der Waals surface area contributed by atoms with Gasteiger partial charge in [-0.25, -0.2) is 18.7 Å². The molecule has 0 bridgehead atoms. The number of para-hydroxylation sites is 1. The standard InChI is InChI=1S/C31H30F2N6O3/c1-2-41-20-14-24(32)23(25(33)15-20)18-39-27-7-4-3-6-21(27)29(38-39)31-35-17-28(42-13-5-12-40)30(37-31)36-26-10-11-34-16-22(26)19-8-9-19/h3-4,6-7,10-11,14-17,19,40H,2,5,8-9,12-13,18H2,1H3,(H,34,35,36,37). The molecule has 11 heteroatoms. The van der Waals surface area contributed by atoms with Crippen molar-refractivity contribution < 1.29 is 23.4 Å². The van der Waals surface area contributed by atoms with Crippen LogP contribution < -0.4 is 14.8 Å². The lowest BCUT2D eigenvalue weighted by atomic mass is 10.1. The average molecular weight is 573 g/mol. The molecule has 2 N–H and O–H groups in total. The van der Waals surface area contributed by atoms with Crippen molar-refractivity contribution in [3.05, 3.63) is 83.8 Å². The maximum absolute atomic E-state index is 14.9. The number of rotatable bonds is 12. The van der Waals surface area contributed by atoms with Gasteiger partial charge in [-0.1, -0.05) is 18.2 Å². The van der Waals surface area contributed by atoms with Gasteiger partial charge in [0.05, 0.1) is 31.5 Å². The summed E-state index contributed by atoms with van der Waals surface area (Å²) in [6.07, 6.45) is 7.82. The van der Waals surface area contributed by atoms with Gasteiger partial charge in [0.2, 0.25) is 0 Å². The van der Waals surface area contributed by atoms with Gasteiger partial charge in [0, 0.05) is 54.2 Å². The number of aromatic nitrogens is 5.